The van der Waals surface area contributed by atoms with E-state index < -0.39 is 15.9 Å². The molecule has 0 atom stereocenters. The zero-order chi connectivity index (χ0) is 6.62. The highest BCUT2D eigenvalue weighted by Gasteiger charge is 2.00. The summed E-state index contributed by atoms with van der Waals surface area (Å²) < 4.78 is 27.6. The van der Waals surface area contributed by atoms with Gasteiger partial charge in [0.1, 0.15) is 0 Å². The Balaban J connectivity index is 3.42. The van der Waals surface area contributed by atoms with E-state index in [9.17, 15) is 8.42 Å². The van der Waals surface area contributed by atoms with Gasteiger partial charge in [-0.2, -0.15) is 8.42 Å². The van der Waals surface area contributed by atoms with Crippen LogP contribution in [0.25, 0.3) is 0 Å². The van der Waals surface area contributed by atoms with Crippen LogP contribution in [0.15, 0.2) is 0 Å². The van der Waals surface area contributed by atoms with Crippen molar-refractivity contribution in [2.75, 3.05) is 12.3 Å². The second kappa shape index (κ2) is 2.98. The minimum Gasteiger partial charge on any atom is -0.317 e. The predicted octanol–water partition coefficient (Wildman–Crippen LogP) is -1.15. The zero-order valence-electron chi connectivity index (χ0n) is 4.03. The van der Waals surface area contributed by atoms with E-state index in [-0.39, 0.29) is 6.54 Å². The summed E-state index contributed by atoms with van der Waals surface area (Å²) >= 11 is 0. The summed E-state index contributed by atoms with van der Waals surface area (Å²) in [6.45, 7) is -0.154. The normalized spacial score (nSPS) is 11.8. The molecule has 8 heavy (non-hydrogen) atoms. The van der Waals surface area contributed by atoms with Gasteiger partial charge in [-0.25, -0.2) is 5.48 Å². The molecule has 5 nitrogen and oxygen atoms in total. The second-order valence-electron chi connectivity index (χ2n) is 1.19. The molecule has 6 heteroatoms. The van der Waals surface area contributed by atoms with Crippen LogP contribution in [-0.4, -0.2) is 30.5 Å². The van der Waals surface area contributed by atoms with Crippen molar-refractivity contribution >= 4 is 10.1 Å². The summed E-state index contributed by atoms with van der Waals surface area (Å²) in [6.07, 6.45) is 0. The van der Waals surface area contributed by atoms with E-state index in [1.54, 1.807) is 5.48 Å². The number of nitrogens with one attached hydrogen (secondary N) is 1. The molecule has 0 aliphatic rings. The summed E-state index contributed by atoms with van der Waals surface area (Å²) in [6, 6.07) is 0. The third-order valence-corrected chi connectivity index (χ3v) is 1.19. The van der Waals surface area contributed by atoms with Gasteiger partial charge in [0, 0.05) is 6.54 Å². The quantitative estimate of drug-likeness (QED) is 0.341. The van der Waals surface area contributed by atoms with Crippen LogP contribution in [0.3, 0.4) is 0 Å². The minimum atomic E-state index is -3.91. The third kappa shape index (κ3) is 5.83. The van der Waals surface area contributed by atoms with E-state index in [2.05, 4.69) is 0 Å². The monoisotopic (exact) mass is 141 g/mol. The van der Waals surface area contributed by atoms with Crippen LogP contribution in [0.1, 0.15) is 0 Å². The Bertz CT molecular complexity index is 138. The lowest BCUT2D eigenvalue weighted by atomic mass is 10.8. The Labute approximate surface area is 47.0 Å². The fourth-order valence-electron chi connectivity index (χ4n) is 0.175. The molecule has 0 unspecified atom stereocenters. The molecule has 0 aromatic heterocycles. The van der Waals surface area contributed by atoms with Crippen LogP contribution in [0, 0.1) is 0 Å². The molecule has 0 radical (unpaired) electrons. The predicted molar refractivity (Wildman–Crippen MR) is 26.2 cm³/mol. The third-order valence-electron chi connectivity index (χ3n) is 0.472. The van der Waals surface area contributed by atoms with Gasteiger partial charge < -0.3 is 5.21 Å². The largest absolute Gasteiger partial charge is 0.317 e. The fraction of sp³-hybridized carbons (Fsp3) is 1.00. The molecule has 0 spiro atoms. The first kappa shape index (κ1) is 7.83. The van der Waals surface area contributed by atoms with Gasteiger partial charge in [0.15, 0.2) is 0 Å². The highest BCUT2D eigenvalue weighted by molar-refractivity contribution is 7.85. The van der Waals surface area contributed by atoms with Crippen LogP contribution in [0.2, 0.25) is 0 Å². The molecule has 3 N–H and O–H groups in total. The van der Waals surface area contributed by atoms with E-state index in [1.165, 1.54) is 0 Å². The SMILES string of the molecule is O=S(=O)(O)CCNO. The molecule has 50 valence electrons. The molecular formula is C2H7NO4S. The molecule has 0 amide bonds. The molecule has 0 saturated heterocycles. The summed E-state index contributed by atoms with van der Waals surface area (Å²) in [5.74, 6) is -0.469. The highest BCUT2D eigenvalue weighted by atomic mass is 32.2. The van der Waals surface area contributed by atoms with Crippen molar-refractivity contribution in [1.29, 1.82) is 0 Å². The van der Waals surface area contributed by atoms with Crippen molar-refractivity contribution < 1.29 is 18.2 Å². The summed E-state index contributed by atoms with van der Waals surface area (Å²) in [5, 5.41) is 7.80. The lowest BCUT2D eigenvalue weighted by molar-refractivity contribution is 0.173. The van der Waals surface area contributed by atoms with Gasteiger partial charge in [0.2, 0.25) is 0 Å². The van der Waals surface area contributed by atoms with E-state index in [0.717, 1.165) is 0 Å². The van der Waals surface area contributed by atoms with Crippen LogP contribution in [0.4, 0.5) is 0 Å². The Hall–Kier alpha value is -0.170. The molecule has 0 heterocycles. The second-order valence-corrected chi connectivity index (χ2v) is 2.77. The number of hydroxylamine groups is 1. The van der Waals surface area contributed by atoms with Gasteiger partial charge >= 0.3 is 0 Å². The lowest BCUT2D eigenvalue weighted by Crippen LogP contribution is -2.18. The molecule has 0 aromatic rings. The average molecular weight is 141 g/mol. The van der Waals surface area contributed by atoms with E-state index in [4.69, 9.17) is 9.76 Å². The van der Waals surface area contributed by atoms with Crippen molar-refractivity contribution in [3.63, 3.8) is 0 Å². The first-order chi connectivity index (χ1) is 3.56. The van der Waals surface area contributed by atoms with Gasteiger partial charge in [-0.15, -0.1) is 0 Å². The van der Waals surface area contributed by atoms with Crippen molar-refractivity contribution in [2.45, 2.75) is 0 Å². The van der Waals surface area contributed by atoms with Gasteiger partial charge in [-0.3, -0.25) is 4.55 Å². The molecule has 0 aromatic carbocycles. The number of hydrogen-bond acceptors (Lipinski definition) is 4. The Morgan fingerprint density at radius 2 is 2.00 bits per heavy atom. The first-order valence-electron chi connectivity index (χ1n) is 1.88. The first-order valence-corrected chi connectivity index (χ1v) is 3.49. The van der Waals surface area contributed by atoms with E-state index in [1.807, 2.05) is 0 Å². The van der Waals surface area contributed by atoms with Crippen LogP contribution < -0.4 is 5.48 Å². The Kier molecular flexibility index (Phi) is 2.91. The lowest BCUT2D eigenvalue weighted by Gasteiger charge is -1.91. The molecule has 0 saturated carbocycles. The van der Waals surface area contributed by atoms with Crippen molar-refractivity contribution in [2.24, 2.45) is 0 Å². The summed E-state index contributed by atoms with van der Waals surface area (Å²) in [4.78, 5) is 0. The summed E-state index contributed by atoms with van der Waals surface area (Å²) in [7, 11) is -3.91. The van der Waals surface area contributed by atoms with Crippen molar-refractivity contribution in [1.82, 2.24) is 5.48 Å². The minimum absolute atomic E-state index is 0.154. The zero-order valence-corrected chi connectivity index (χ0v) is 4.85. The van der Waals surface area contributed by atoms with Crippen LogP contribution in [0.5, 0.6) is 0 Å². The van der Waals surface area contributed by atoms with Gasteiger partial charge in [-0.1, -0.05) is 0 Å². The Morgan fingerprint density at radius 3 is 2.12 bits per heavy atom. The van der Waals surface area contributed by atoms with Crippen LogP contribution >= 0.6 is 0 Å². The van der Waals surface area contributed by atoms with Crippen LogP contribution in [-0.2, 0) is 10.1 Å². The van der Waals surface area contributed by atoms with Gasteiger partial charge in [0.05, 0.1) is 5.75 Å². The maximum Gasteiger partial charge on any atom is 0.266 e. The molecule has 0 fully saturated rings. The molecule has 0 aliphatic carbocycles. The molecule has 0 aliphatic heterocycles. The standard InChI is InChI=1S/C2H7NO4S/c4-3-1-2-8(5,6)7/h3-4H,1-2H2,(H,5,6,7). The van der Waals surface area contributed by atoms with Crippen molar-refractivity contribution in [3.05, 3.63) is 0 Å². The van der Waals surface area contributed by atoms with Crippen molar-refractivity contribution in [3.8, 4) is 0 Å². The molecular weight excluding hydrogens is 134 g/mol. The van der Waals surface area contributed by atoms with Gasteiger partial charge in [0.25, 0.3) is 10.1 Å². The fourth-order valence-corrected chi connectivity index (χ4v) is 0.524. The molecule has 0 bridgehead atoms. The van der Waals surface area contributed by atoms with E-state index >= 15 is 0 Å². The average Bonchev–Trinajstić information content (AvgIpc) is 1.59. The topological polar surface area (TPSA) is 86.6 Å². The summed E-state index contributed by atoms with van der Waals surface area (Å²) in [5.41, 5.74) is 1.59. The maximum atomic E-state index is 9.79. The highest BCUT2D eigenvalue weighted by Crippen LogP contribution is 1.76. The number of rotatable bonds is 3. The smallest absolute Gasteiger partial charge is 0.266 e. The molecule has 0 rings (SSSR count). The number of hydrogen-bond donors (Lipinski definition) is 3. The Morgan fingerprint density at radius 1 is 1.50 bits per heavy atom. The van der Waals surface area contributed by atoms with Gasteiger partial charge in [-0.05, 0) is 0 Å². The van der Waals surface area contributed by atoms with E-state index in [0.29, 0.717) is 0 Å². The maximum absolute atomic E-state index is 9.79.